The first-order valence-electron chi connectivity index (χ1n) is 17.7. The Hall–Kier alpha value is -5.96. The third kappa shape index (κ3) is 4.67. The smallest absolute Gasteiger partial charge is 0.0540 e. The Bertz CT molecular complexity index is 2770. The number of anilines is 3. The van der Waals surface area contributed by atoms with Crippen LogP contribution in [0.2, 0.25) is 0 Å². The van der Waals surface area contributed by atoms with Gasteiger partial charge in [0.1, 0.15) is 0 Å². The van der Waals surface area contributed by atoms with Crippen molar-refractivity contribution in [3.05, 3.63) is 187 Å². The summed E-state index contributed by atoms with van der Waals surface area (Å²) in [6.07, 6.45) is 0. The van der Waals surface area contributed by atoms with E-state index in [2.05, 4.69) is 195 Å². The zero-order chi connectivity index (χ0) is 34.1. The van der Waals surface area contributed by atoms with Crippen LogP contribution in [0.5, 0.6) is 0 Å². The van der Waals surface area contributed by atoms with E-state index in [0.717, 1.165) is 17.1 Å². The maximum atomic E-state index is 2.45. The predicted octanol–water partition coefficient (Wildman–Crippen LogP) is 14.3. The van der Waals surface area contributed by atoms with Crippen LogP contribution in [0, 0.1) is 0 Å². The van der Waals surface area contributed by atoms with Crippen molar-refractivity contribution in [2.24, 2.45) is 0 Å². The van der Waals surface area contributed by atoms with Crippen LogP contribution in [0.1, 0.15) is 25.0 Å². The molecule has 0 aliphatic heterocycles. The van der Waals surface area contributed by atoms with Crippen molar-refractivity contribution < 1.29 is 0 Å². The highest BCUT2D eigenvalue weighted by Gasteiger charge is 2.36. The summed E-state index contributed by atoms with van der Waals surface area (Å²) in [4.78, 5) is 2.45. The Balaban J connectivity index is 1.18. The van der Waals surface area contributed by atoms with Crippen LogP contribution >= 0.6 is 11.3 Å². The highest BCUT2D eigenvalue weighted by Crippen LogP contribution is 2.51. The highest BCUT2D eigenvalue weighted by atomic mass is 32.1. The van der Waals surface area contributed by atoms with Crippen LogP contribution in [0.25, 0.3) is 64.3 Å². The summed E-state index contributed by atoms with van der Waals surface area (Å²) in [5, 5.41) is 5.22. The van der Waals surface area contributed by atoms with Gasteiger partial charge < -0.3 is 4.90 Å². The van der Waals surface area contributed by atoms with Crippen molar-refractivity contribution in [2.75, 3.05) is 4.90 Å². The summed E-state index contributed by atoms with van der Waals surface area (Å²) in [5.74, 6) is 0. The lowest BCUT2D eigenvalue weighted by Gasteiger charge is -2.30. The second kappa shape index (κ2) is 11.6. The lowest BCUT2D eigenvalue weighted by Crippen LogP contribution is -2.16. The van der Waals surface area contributed by atoms with E-state index >= 15 is 0 Å². The first-order valence-corrected chi connectivity index (χ1v) is 18.5. The number of thiophene rings is 1. The quantitative estimate of drug-likeness (QED) is 0.176. The van der Waals surface area contributed by atoms with Crippen molar-refractivity contribution in [2.45, 2.75) is 19.3 Å². The Kier molecular flexibility index (Phi) is 6.78. The lowest BCUT2D eigenvalue weighted by molar-refractivity contribution is 0.660. The number of para-hydroxylation sites is 1. The second-order valence-corrected chi connectivity index (χ2v) is 15.2. The molecule has 8 aromatic carbocycles. The molecule has 1 aromatic heterocycles. The van der Waals surface area contributed by atoms with Crippen LogP contribution in [0.15, 0.2) is 176 Å². The fourth-order valence-electron chi connectivity index (χ4n) is 8.42. The highest BCUT2D eigenvalue weighted by molar-refractivity contribution is 7.26. The lowest BCUT2D eigenvalue weighted by atomic mass is 9.82. The molecule has 1 nitrogen and oxygen atoms in total. The molecule has 0 saturated heterocycles. The fraction of sp³-hybridized carbons (Fsp3) is 0.0612. The molecule has 2 heteroatoms. The Morgan fingerprint density at radius 2 is 1.10 bits per heavy atom. The maximum Gasteiger partial charge on any atom is 0.0540 e. The summed E-state index contributed by atoms with van der Waals surface area (Å²) in [6.45, 7) is 4.72. The summed E-state index contributed by atoms with van der Waals surface area (Å²) in [7, 11) is 0. The van der Waals surface area contributed by atoms with Gasteiger partial charge in [-0.2, -0.15) is 0 Å². The first kappa shape index (κ1) is 29.9. The van der Waals surface area contributed by atoms with Gasteiger partial charge in [0.2, 0.25) is 0 Å². The van der Waals surface area contributed by atoms with Crippen molar-refractivity contribution in [3.8, 4) is 33.4 Å². The summed E-state index contributed by atoms with van der Waals surface area (Å²) in [5.41, 5.74) is 13.7. The van der Waals surface area contributed by atoms with E-state index in [1.807, 2.05) is 11.3 Å². The maximum absolute atomic E-state index is 2.45. The standard InChI is InChI=1S/C49H35NS/c1-49(2)42-21-11-8-19-39(42)40-29-28-36(31-43(40)49)50(44-22-12-9-17-37(44)32-14-4-3-5-15-32)35-26-24-33(25-27-35)47-38-18-7-6-16-34(38)30-46-48(47)41-20-10-13-23-45(41)51-46/h3-31H,1-2H3. The molecule has 1 aliphatic rings. The van der Waals surface area contributed by atoms with Gasteiger partial charge in [-0.1, -0.05) is 147 Å². The van der Waals surface area contributed by atoms with Gasteiger partial charge in [-0.3, -0.25) is 0 Å². The monoisotopic (exact) mass is 669 g/mol. The number of hydrogen-bond donors (Lipinski definition) is 0. The van der Waals surface area contributed by atoms with E-state index in [9.17, 15) is 0 Å². The van der Waals surface area contributed by atoms with E-state index in [4.69, 9.17) is 0 Å². The molecule has 0 spiro atoms. The van der Waals surface area contributed by atoms with Gasteiger partial charge in [0, 0.05) is 42.5 Å². The number of hydrogen-bond acceptors (Lipinski definition) is 2. The second-order valence-electron chi connectivity index (χ2n) is 14.1. The average Bonchev–Trinajstić information content (AvgIpc) is 3.66. The van der Waals surface area contributed by atoms with Crippen molar-refractivity contribution in [1.29, 1.82) is 0 Å². The predicted molar refractivity (Wildman–Crippen MR) is 220 cm³/mol. The molecule has 1 aliphatic carbocycles. The molecule has 1 heterocycles. The molecule has 0 N–H and O–H groups in total. The Morgan fingerprint density at radius 1 is 0.451 bits per heavy atom. The van der Waals surface area contributed by atoms with Gasteiger partial charge >= 0.3 is 0 Å². The molecule has 10 rings (SSSR count). The molecule has 0 unspecified atom stereocenters. The average molecular weight is 670 g/mol. The van der Waals surface area contributed by atoms with Crippen molar-refractivity contribution in [3.63, 3.8) is 0 Å². The molecule has 51 heavy (non-hydrogen) atoms. The number of benzene rings is 8. The normalized spacial score (nSPS) is 13.1. The largest absolute Gasteiger partial charge is 0.310 e. The molecular formula is C49H35NS. The molecular weight excluding hydrogens is 635 g/mol. The van der Waals surface area contributed by atoms with Crippen LogP contribution in [0.3, 0.4) is 0 Å². The first-order chi connectivity index (χ1) is 25.1. The summed E-state index contributed by atoms with van der Waals surface area (Å²) < 4.78 is 2.65. The molecule has 9 aromatic rings. The zero-order valence-electron chi connectivity index (χ0n) is 28.6. The van der Waals surface area contributed by atoms with Gasteiger partial charge in [-0.15, -0.1) is 11.3 Å². The zero-order valence-corrected chi connectivity index (χ0v) is 29.4. The summed E-state index contributed by atoms with van der Waals surface area (Å²) in [6, 6.07) is 64.8. The molecule has 0 saturated carbocycles. The minimum atomic E-state index is -0.0978. The molecule has 0 bridgehead atoms. The molecule has 0 radical (unpaired) electrons. The van der Waals surface area contributed by atoms with Crippen LogP contribution < -0.4 is 4.90 Å². The SMILES string of the molecule is CC1(C)c2ccccc2-c2ccc(N(c3ccc(-c4c5ccccc5cc5sc6ccccc6c45)cc3)c3ccccc3-c3ccccc3)cc21. The Morgan fingerprint density at radius 3 is 1.94 bits per heavy atom. The summed E-state index contributed by atoms with van der Waals surface area (Å²) >= 11 is 1.88. The third-order valence-corrected chi connectivity index (χ3v) is 12.0. The number of nitrogens with zero attached hydrogens (tertiary/aromatic N) is 1. The van der Waals surface area contributed by atoms with Gasteiger partial charge in [0.15, 0.2) is 0 Å². The van der Waals surface area contributed by atoms with Crippen molar-refractivity contribution in [1.82, 2.24) is 0 Å². The van der Waals surface area contributed by atoms with E-state index in [-0.39, 0.29) is 5.41 Å². The minimum absolute atomic E-state index is 0.0978. The van der Waals surface area contributed by atoms with Gasteiger partial charge in [-0.05, 0) is 92.2 Å². The van der Waals surface area contributed by atoms with Crippen LogP contribution in [-0.4, -0.2) is 0 Å². The topological polar surface area (TPSA) is 3.24 Å². The van der Waals surface area contributed by atoms with Crippen LogP contribution in [0.4, 0.5) is 17.1 Å². The minimum Gasteiger partial charge on any atom is -0.310 e. The van der Waals surface area contributed by atoms with E-state index < -0.39 is 0 Å². The van der Waals surface area contributed by atoms with Crippen molar-refractivity contribution >= 4 is 59.3 Å². The third-order valence-electron chi connectivity index (χ3n) is 10.9. The number of fused-ring (bicyclic) bond motifs is 7. The fourth-order valence-corrected chi connectivity index (χ4v) is 9.58. The van der Waals surface area contributed by atoms with Crippen LogP contribution in [-0.2, 0) is 5.41 Å². The van der Waals surface area contributed by atoms with E-state index in [0.29, 0.717) is 0 Å². The Labute approximate surface area is 302 Å². The molecule has 0 atom stereocenters. The van der Waals surface area contributed by atoms with Gasteiger partial charge in [0.25, 0.3) is 0 Å². The van der Waals surface area contributed by atoms with Gasteiger partial charge in [0.05, 0.1) is 5.69 Å². The molecule has 242 valence electrons. The number of rotatable bonds is 5. The van der Waals surface area contributed by atoms with E-state index in [1.165, 1.54) is 75.5 Å². The molecule has 0 amide bonds. The van der Waals surface area contributed by atoms with Gasteiger partial charge in [-0.25, -0.2) is 0 Å². The van der Waals surface area contributed by atoms with E-state index in [1.54, 1.807) is 0 Å². The molecule has 0 fully saturated rings.